The van der Waals surface area contributed by atoms with Crippen molar-refractivity contribution in [1.82, 2.24) is 0 Å². The molecule has 2 N–H and O–H groups in total. The van der Waals surface area contributed by atoms with Gasteiger partial charge in [-0.2, -0.15) is 0 Å². The number of carbonyl (C=O) groups excluding carboxylic acids is 2. The van der Waals surface area contributed by atoms with Crippen molar-refractivity contribution < 1.29 is 9.59 Å². The van der Waals surface area contributed by atoms with Gasteiger partial charge in [0.1, 0.15) is 0 Å². The molecule has 2 aromatic rings. The van der Waals surface area contributed by atoms with Crippen molar-refractivity contribution in [2.45, 2.75) is 0 Å². The molecule has 4 nitrogen and oxygen atoms in total. The molecular formula is C12H10N2O2. The van der Waals surface area contributed by atoms with Gasteiger partial charge in [-0.15, -0.1) is 0 Å². The lowest BCUT2D eigenvalue weighted by molar-refractivity contribution is -0.106. The fraction of sp³-hybridized carbons (Fsp3) is 0. The van der Waals surface area contributed by atoms with E-state index in [1.165, 1.54) is 0 Å². The number of benzene rings is 2. The molecule has 2 amide bonds. The van der Waals surface area contributed by atoms with Crippen LogP contribution in [0.5, 0.6) is 0 Å². The standard InChI is InChI=1S/C12H10N2O2/c15-7-13-10-5-4-9-2-1-3-12(14-8-16)11(9)6-10/h1-8H,(H,13,15)(H,14,16). The van der Waals surface area contributed by atoms with E-state index < -0.39 is 0 Å². The molecule has 4 heteroatoms. The van der Waals surface area contributed by atoms with Gasteiger partial charge in [-0.3, -0.25) is 9.59 Å². The monoisotopic (exact) mass is 214 g/mol. The third-order valence-corrected chi connectivity index (χ3v) is 2.32. The van der Waals surface area contributed by atoms with Gasteiger partial charge in [0, 0.05) is 16.8 Å². The summed E-state index contributed by atoms with van der Waals surface area (Å²) < 4.78 is 0. The van der Waals surface area contributed by atoms with Crippen molar-refractivity contribution in [3.8, 4) is 0 Å². The van der Waals surface area contributed by atoms with Crippen molar-refractivity contribution in [2.24, 2.45) is 0 Å². The highest BCUT2D eigenvalue weighted by atomic mass is 16.1. The number of fused-ring (bicyclic) bond motifs is 1. The second kappa shape index (κ2) is 4.44. The maximum absolute atomic E-state index is 10.4. The predicted molar refractivity (Wildman–Crippen MR) is 63.3 cm³/mol. The molecule has 0 aliphatic rings. The van der Waals surface area contributed by atoms with Gasteiger partial charge in [-0.25, -0.2) is 0 Å². The van der Waals surface area contributed by atoms with Gasteiger partial charge in [0.2, 0.25) is 12.8 Å². The number of carbonyl (C=O) groups is 2. The third kappa shape index (κ3) is 1.86. The van der Waals surface area contributed by atoms with E-state index in [4.69, 9.17) is 0 Å². The summed E-state index contributed by atoms with van der Waals surface area (Å²) in [5.74, 6) is 0. The van der Waals surface area contributed by atoms with Crippen molar-refractivity contribution in [1.29, 1.82) is 0 Å². The summed E-state index contributed by atoms with van der Waals surface area (Å²) in [5.41, 5.74) is 1.42. The molecule has 0 fully saturated rings. The molecule has 2 rings (SSSR count). The quantitative estimate of drug-likeness (QED) is 0.764. The van der Waals surface area contributed by atoms with E-state index in [1.54, 1.807) is 12.1 Å². The van der Waals surface area contributed by atoms with Gasteiger partial charge in [-0.05, 0) is 23.6 Å². The fourth-order valence-electron chi connectivity index (χ4n) is 1.62. The molecule has 16 heavy (non-hydrogen) atoms. The smallest absolute Gasteiger partial charge is 0.211 e. The molecule has 80 valence electrons. The summed E-state index contributed by atoms with van der Waals surface area (Å²) in [6.07, 6.45) is 1.26. The molecule has 0 unspecified atom stereocenters. The average molecular weight is 214 g/mol. The molecular weight excluding hydrogens is 204 g/mol. The topological polar surface area (TPSA) is 58.2 Å². The molecule has 0 saturated heterocycles. The molecule has 0 bridgehead atoms. The van der Waals surface area contributed by atoms with E-state index in [0.29, 0.717) is 18.5 Å². The van der Waals surface area contributed by atoms with Crippen molar-refractivity contribution in [3.63, 3.8) is 0 Å². The first-order valence-electron chi connectivity index (χ1n) is 4.78. The van der Waals surface area contributed by atoms with E-state index in [0.717, 1.165) is 16.5 Å². The fourth-order valence-corrected chi connectivity index (χ4v) is 1.62. The Kier molecular flexibility index (Phi) is 2.82. The van der Waals surface area contributed by atoms with Gasteiger partial charge >= 0.3 is 0 Å². The van der Waals surface area contributed by atoms with Crippen LogP contribution in [0.15, 0.2) is 36.4 Å². The molecule has 0 spiro atoms. The van der Waals surface area contributed by atoms with Crippen LogP contribution in [0.1, 0.15) is 0 Å². The van der Waals surface area contributed by atoms with E-state index in [2.05, 4.69) is 10.6 Å². The lowest BCUT2D eigenvalue weighted by Crippen LogP contribution is -1.96. The Bertz CT molecular complexity index is 538. The highest BCUT2D eigenvalue weighted by Crippen LogP contribution is 2.25. The number of anilines is 2. The summed E-state index contributed by atoms with van der Waals surface area (Å²) in [6, 6.07) is 11.1. The highest BCUT2D eigenvalue weighted by Gasteiger charge is 2.00. The van der Waals surface area contributed by atoms with Crippen LogP contribution in [0.25, 0.3) is 10.8 Å². The maximum Gasteiger partial charge on any atom is 0.211 e. The molecule has 0 radical (unpaired) electrons. The van der Waals surface area contributed by atoms with Crippen molar-refractivity contribution in [3.05, 3.63) is 36.4 Å². The maximum atomic E-state index is 10.4. The molecule has 0 heterocycles. The van der Waals surface area contributed by atoms with Crippen molar-refractivity contribution in [2.75, 3.05) is 10.6 Å². The van der Waals surface area contributed by atoms with Gasteiger partial charge in [0.05, 0.1) is 0 Å². The number of rotatable bonds is 4. The second-order valence-corrected chi connectivity index (χ2v) is 3.27. The second-order valence-electron chi connectivity index (χ2n) is 3.27. The lowest BCUT2D eigenvalue weighted by Gasteiger charge is -2.06. The minimum Gasteiger partial charge on any atom is -0.329 e. The summed E-state index contributed by atoms with van der Waals surface area (Å²) in [7, 11) is 0. The van der Waals surface area contributed by atoms with Crippen LogP contribution in [-0.2, 0) is 9.59 Å². The van der Waals surface area contributed by atoms with Gasteiger partial charge in [-0.1, -0.05) is 18.2 Å². The number of nitrogens with one attached hydrogen (secondary N) is 2. The number of amides is 2. The number of hydrogen-bond donors (Lipinski definition) is 2. The predicted octanol–water partition coefficient (Wildman–Crippen LogP) is 1.98. The van der Waals surface area contributed by atoms with Gasteiger partial charge in [0.15, 0.2) is 0 Å². The zero-order chi connectivity index (χ0) is 11.4. The molecule has 2 aromatic carbocycles. The Hall–Kier alpha value is -2.36. The van der Waals surface area contributed by atoms with E-state index in [9.17, 15) is 9.59 Å². The Morgan fingerprint density at radius 3 is 2.50 bits per heavy atom. The lowest BCUT2D eigenvalue weighted by atomic mass is 10.1. The number of hydrogen-bond acceptors (Lipinski definition) is 2. The van der Waals surface area contributed by atoms with Crippen LogP contribution >= 0.6 is 0 Å². The van der Waals surface area contributed by atoms with Crippen molar-refractivity contribution >= 4 is 35.0 Å². The first-order chi connectivity index (χ1) is 7.85. The zero-order valence-corrected chi connectivity index (χ0v) is 8.44. The SMILES string of the molecule is O=CNc1ccc2cccc(NC=O)c2c1. The molecule has 0 aromatic heterocycles. The Morgan fingerprint density at radius 2 is 1.75 bits per heavy atom. The van der Waals surface area contributed by atoms with Crippen LogP contribution in [0.2, 0.25) is 0 Å². The Morgan fingerprint density at radius 1 is 0.938 bits per heavy atom. The summed E-state index contributed by atoms with van der Waals surface area (Å²) >= 11 is 0. The normalized spacial score (nSPS) is 9.75. The first kappa shape index (κ1) is 10.2. The van der Waals surface area contributed by atoms with Crippen LogP contribution in [0.4, 0.5) is 11.4 Å². The first-order valence-corrected chi connectivity index (χ1v) is 4.78. The van der Waals surface area contributed by atoms with Crippen LogP contribution < -0.4 is 10.6 Å². The van der Waals surface area contributed by atoms with E-state index in [1.807, 2.05) is 24.3 Å². The molecule has 0 atom stereocenters. The molecule has 0 aliphatic heterocycles. The van der Waals surface area contributed by atoms with E-state index >= 15 is 0 Å². The zero-order valence-electron chi connectivity index (χ0n) is 8.44. The minimum absolute atomic E-state index is 0.622. The minimum atomic E-state index is 0.622. The Labute approximate surface area is 92.3 Å². The molecule has 0 aliphatic carbocycles. The Balaban J connectivity index is 2.58. The summed E-state index contributed by atoms with van der Waals surface area (Å²) in [5, 5.41) is 7.09. The van der Waals surface area contributed by atoms with E-state index in [-0.39, 0.29) is 0 Å². The largest absolute Gasteiger partial charge is 0.329 e. The highest BCUT2D eigenvalue weighted by molar-refractivity contribution is 5.99. The van der Waals surface area contributed by atoms with Gasteiger partial charge in [0.25, 0.3) is 0 Å². The average Bonchev–Trinajstić information content (AvgIpc) is 2.31. The van der Waals surface area contributed by atoms with Crippen LogP contribution in [0.3, 0.4) is 0 Å². The summed E-state index contributed by atoms with van der Waals surface area (Å²) in [4.78, 5) is 20.8. The molecule has 0 saturated carbocycles. The van der Waals surface area contributed by atoms with Crippen LogP contribution in [-0.4, -0.2) is 12.8 Å². The van der Waals surface area contributed by atoms with Gasteiger partial charge < -0.3 is 10.6 Å². The third-order valence-electron chi connectivity index (χ3n) is 2.32. The van der Waals surface area contributed by atoms with Crippen LogP contribution in [0, 0.1) is 0 Å². The summed E-state index contributed by atoms with van der Waals surface area (Å²) in [6.45, 7) is 0.